The summed E-state index contributed by atoms with van der Waals surface area (Å²) in [7, 11) is 4.25. The summed E-state index contributed by atoms with van der Waals surface area (Å²) in [6, 6.07) is 0.563. The Labute approximate surface area is 103 Å². The third-order valence-electron chi connectivity index (χ3n) is 2.51. The van der Waals surface area contributed by atoms with Crippen LogP contribution < -0.4 is 5.32 Å². The molecule has 0 spiro atoms. The molecule has 0 radical (unpaired) electrons. The van der Waals surface area contributed by atoms with E-state index in [1.54, 1.807) is 11.3 Å². The van der Waals surface area contributed by atoms with Crippen molar-refractivity contribution in [2.24, 2.45) is 0 Å². The number of thiazole rings is 1. The lowest BCUT2D eigenvalue weighted by Crippen LogP contribution is -2.34. The minimum atomic E-state index is 0.563. The molecule has 0 aliphatic heterocycles. The first-order chi connectivity index (χ1) is 7.72. The molecule has 0 bridgehead atoms. The van der Waals surface area contributed by atoms with Gasteiger partial charge in [-0.05, 0) is 40.0 Å². The van der Waals surface area contributed by atoms with Gasteiger partial charge in [-0.2, -0.15) is 0 Å². The lowest BCUT2D eigenvalue weighted by molar-refractivity contribution is 0.356. The van der Waals surface area contributed by atoms with Crippen LogP contribution in [-0.4, -0.2) is 43.1 Å². The van der Waals surface area contributed by atoms with Gasteiger partial charge in [0.1, 0.15) is 0 Å². The van der Waals surface area contributed by atoms with E-state index in [1.165, 1.54) is 17.8 Å². The van der Waals surface area contributed by atoms with Crippen molar-refractivity contribution in [3.8, 4) is 0 Å². The minimum Gasteiger partial charge on any atom is -0.314 e. The Balaban J connectivity index is 2.36. The third-order valence-corrected chi connectivity index (χ3v) is 3.31. The molecule has 1 rings (SSSR count). The van der Waals surface area contributed by atoms with Crippen LogP contribution in [0.15, 0.2) is 11.6 Å². The number of hydrogen-bond donors (Lipinski definition) is 1. The first kappa shape index (κ1) is 13.6. The predicted octanol–water partition coefficient (Wildman–Crippen LogP) is 2.01. The van der Waals surface area contributed by atoms with Gasteiger partial charge < -0.3 is 10.2 Å². The molecular formula is C12H23N3S. The van der Waals surface area contributed by atoms with Crippen molar-refractivity contribution in [2.75, 3.05) is 27.2 Å². The van der Waals surface area contributed by atoms with Gasteiger partial charge in [0.2, 0.25) is 0 Å². The van der Waals surface area contributed by atoms with Gasteiger partial charge in [-0.25, -0.2) is 4.98 Å². The van der Waals surface area contributed by atoms with Crippen LogP contribution in [0.25, 0.3) is 0 Å². The van der Waals surface area contributed by atoms with Crippen molar-refractivity contribution in [1.29, 1.82) is 0 Å². The van der Waals surface area contributed by atoms with E-state index in [9.17, 15) is 0 Å². The monoisotopic (exact) mass is 241 g/mol. The van der Waals surface area contributed by atoms with Crippen LogP contribution in [0, 0.1) is 0 Å². The molecule has 0 saturated carbocycles. The summed E-state index contributed by atoms with van der Waals surface area (Å²) in [5, 5.41) is 6.90. The van der Waals surface area contributed by atoms with Gasteiger partial charge >= 0.3 is 0 Å². The smallest absolute Gasteiger partial charge is 0.0940 e. The lowest BCUT2D eigenvalue weighted by atomic mass is 10.1. The van der Waals surface area contributed by atoms with E-state index in [-0.39, 0.29) is 0 Å². The molecule has 0 saturated heterocycles. The Bertz CT molecular complexity index is 259. The maximum Gasteiger partial charge on any atom is 0.0940 e. The molecule has 16 heavy (non-hydrogen) atoms. The molecule has 0 aromatic carbocycles. The molecule has 1 atom stereocenters. The molecule has 1 aromatic rings. The first-order valence-electron chi connectivity index (χ1n) is 5.99. The van der Waals surface area contributed by atoms with Gasteiger partial charge in [0, 0.05) is 24.0 Å². The highest BCUT2D eigenvalue weighted by atomic mass is 32.1. The molecule has 1 unspecified atom stereocenters. The molecule has 4 heteroatoms. The number of hydrogen-bond acceptors (Lipinski definition) is 4. The Morgan fingerprint density at radius 1 is 1.50 bits per heavy atom. The van der Waals surface area contributed by atoms with E-state index in [1.807, 2.05) is 6.20 Å². The predicted molar refractivity (Wildman–Crippen MR) is 71.1 cm³/mol. The van der Waals surface area contributed by atoms with E-state index >= 15 is 0 Å². The number of nitrogens with one attached hydrogen (secondary N) is 1. The van der Waals surface area contributed by atoms with Gasteiger partial charge in [-0.3, -0.25) is 0 Å². The summed E-state index contributed by atoms with van der Waals surface area (Å²) < 4.78 is 0. The van der Waals surface area contributed by atoms with Crippen LogP contribution in [-0.2, 0) is 6.42 Å². The van der Waals surface area contributed by atoms with Crippen molar-refractivity contribution in [1.82, 2.24) is 15.2 Å². The van der Waals surface area contributed by atoms with E-state index in [0.717, 1.165) is 19.5 Å². The summed E-state index contributed by atoms with van der Waals surface area (Å²) in [5.41, 5.74) is 0. The fraction of sp³-hybridized carbons (Fsp3) is 0.750. The van der Waals surface area contributed by atoms with Crippen LogP contribution in [0.5, 0.6) is 0 Å². The quantitative estimate of drug-likeness (QED) is 0.754. The van der Waals surface area contributed by atoms with Crippen molar-refractivity contribution in [3.63, 3.8) is 0 Å². The zero-order valence-electron chi connectivity index (χ0n) is 10.6. The largest absolute Gasteiger partial charge is 0.314 e. The minimum absolute atomic E-state index is 0.563. The lowest BCUT2D eigenvalue weighted by Gasteiger charge is -2.19. The van der Waals surface area contributed by atoms with Crippen molar-refractivity contribution in [2.45, 2.75) is 32.2 Å². The molecule has 0 aliphatic carbocycles. The SMILES string of the molecule is CCCNC(CCN(C)C)Cc1nccs1. The average molecular weight is 241 g/mol. The highest BCUT2D eigenvalue weighted by molar-refractivity contribution is 7.09. The Hall–Kier alpha value is -0.450. The molecule has 0 amide bonds. The van der Waals surface area contributed by atoms with E-state index < -0.39 is 0 Å². The van der Waals surface area contributed by atoms with Gasteiger partial charge in [0.05, 0.1) is 5.01 Å². The van der Waals surface area contributed by atoms with Crippen LogP contribution in [0.2, 0.25) is 0 Å². The van der Waals surface area contributed by atoms with Crippen molar-refractivity contribution in [3.05, 3.63) is 16.6 Å². The Morgan fingerprint density at radius 2 is 2.31 bits per heavy atom. The summed E-state index contributed by atoms with van der Waals surface area (Å²) in [6.07, 6.45) is 5.33. The maximum atomic E-state index is 4.36. The molecule has 3 nitrogen and oxygen atoms in total. The molecule has 1 heterocycles. The molecule has 0 aliphatic rings. The number of nitrogens with zero attached hydrogens (tertiary/aromatic N) is 2. The van der Waals surface area contributed by atoms with Crippen molar-refractivity contribution >= 4 is 11.3 Å². The van der Waals surface area contributed by atoms with Crippen LogP contribution in [0.4, 0.5) is 0 Å². The summed E-state index contributed by atoms with van der Waals surface area (Å²) in [6.45, 7) is 4.44. The molecule has 92 valence electrons. The van der Waals surface area contributed by atoms with Gasteiger partial charge in [-0.15, -0.1) is 11.3 Å². The summed E-state index contributed by atoms with van der Waals surface area (Å²) in [4.78, 5) is 6.59. The molecule has 1 aromatic heterocycles. The average Bonchev–Trinajstić information content (AvgIpc) is 2.74. The normalized spacial score (nSPS) is 13.2. The summed E-state index contributed by atoms with van der Waals surface area (Å²) >= 11 is 1.75. The topological polar surface area (TPSA) is 28.2 Å². The maximum absolute atomic E-state index is 4.36. The Morgan fingerprint density at radius 3 is 2.88 bits per heavy atom. The van der Waals surface area contributed by atoms with E-state index in [4.69, 9.17) is 0 Å². The third kappa shape index (κ3) is 5.58. The van der Waals surface area contributed by atoms with Crippen molar-refractivity contribution < 1.29 is 0 Å². The zero-order valence-corrected chi connectivity index (χ0v) is 11.4. The highest BCUT2D eigenvalue weighted by Gasteiger charge is 2.10. The van der Waals surface area contributed by atoms with Crippen LogP contribution >= 0.6 is 11.3 Å². The van der Waals surface area contributed by atoms with Crippen LogP contribution in [0.1, 0.15) is 24.8 Å². The van der Waals surface area contributed by atoms with Crippen LogP contribution in [0.3, 0.4) is 0 Å². The van der Waals surface area contributed by atoms with Gasteiger partial charge in [0.25, 0.3) is 0 Å². The second-order valence-electron chi connectivity index (χ2n) is 4.37. The molecule has 1 N–H and O–H groups in total. The first-order valence-corrected chi connectivity index (χ1v) is 6.86. The number of rotatable bonds is 8. The zero-order chi connectivity index (χ0) is 11.8. The Kier molecular flexibility index (Phi) is 6.61. The fourth-order valence-corrected chi connectivity index (χ4v) is 2.30. The fourth-order valence-electron chi connectivity index (χ4n) is 1.60. The van der Waals surface area contributed by atoms with Gasteiger partial charge in [-0.1, -0.05) is 6.92 Å². The van der Waals surface area contributed by atoms with Gasteiger partial charge in [0.15, 0.2) is 0 Å². The summed E-state index contributed by atoms with van der Waals surface area (Å²) in [5.74, 6) is 0. The standard InChI is InChI=1S/C12H23N3S/c1-4-6-13-11(5-8-15(2)3)10-12-14-7-9-16-12/h7,9,11,13H,4-6,8,10H2,1-3H3. The number of aromatic nitrogens is 1. The van der Waals surface area contributed by atoms with E-state index in [0.29, 0.717) is 6.04 Å². The second-order valence-corrected chi connectivity index (χ2v) is 5.35. The van der Waals surface area contributed by atoms with E-state index in [2.05, 4.69) is 41.6 Å². The highest BCUT2D eigenvalue weighted by Crippen LogP contribution is 2.09. The second kappa shape index (κ2) is 7.76. The molecular weight excluding hydrogens is 218 g/mol. The molecule has 0 fully saturated rings.